The number of nitrogens with zero attached hydrogens (tertiary/aromatic N) is 4. The summed E-state index contributed by atoms with van der Waals surface area (Å²) in [6.45, 7) is 0. The van der Waals surface area contributed by atoms with E-state index in [4.69, 9.17) is 4.52 Å². The maximum absolute atomic E-state index is 12.8. The number of aromatic amines is 1. The lowest BCUT2D eigenvalue weighted by atomic mass is 10.1. The molecule has 0 aliphatic heterocycles. The Morgan fingerprint density at radius 2 is 1.84 bits per heavy atom. The fourth-order valence-corrected chi connectivity index (χ4v) is 3.67. The number of hydrogen-bond acceptors (Lipinski definition) is 6. The molecule has 1 aromatic carbocycles. The average Bonchev–Trinajstić information content (AvgIpc) is 3.74. The maximum atomic E-state index is 12.8. The molecule has 0 spiro atoms. The van der Waals surface area contributed by atoms with E-state index in [9.17, 15) is 9.59 Å². The summed E-state index contributed by atoms with van der Waals surface area (Å²) >= 11 is 0. The third-order valence-electron chi connectivity index (χ3n) is 5.71. The molecule has 160 valence electrons. The van der Waals surface area contributed by atoms with Crippen LogP contribution in [0.1, 0.15) is 59.5 Å². The van der Waals surface area contributed by atoms with Crippen LogP contribution in [0, 0.1) is 0 Å². The van der Waals surface area contributed by atoms with Gasteiger partial charge in [-0.05, 0) is 25.7 Å². The summed E-state index contributed by atoms with van der Waals surface area (Å²) in [5, 5.41) is 11.4. The zero-order chi connectivity index (χ0) is 21.7. The Morgan fingerprint density at radius 1 is 1.06 bits per heavy atom. The van der Waals surface area contributed by atoms with Crippen LogP contribution in [0.5, 0.6) is 0 Å². The third-order valence-corrected chi connectivity index (χ3v) is 5.71. The lowest BCUT2D eigenvalue weighted by Crippen LogP contribution is -2.19. The second-order valence-electron chi connectivity index (χ2n) is 8.30. The normalized spacial score (nSPS) is 15.6. The van der Waals surface area contributed by atoms with Crippen LogP contribution in [0.3, 0.4) is 0 Å². The van der Waals surface area contributed by atoms with Crippen LogP contribution >= 0.6 is 0 Å². The molecule has 4 aromatic rings. The molecule has 2 aliphatic carbocycles. The molecule has 2 saturated carbocycles. The second kappa shape index (κ2) is 7.30. The fraction of sp³-hybridized carbons (Fsp3) is 0.261. The Hall–Kier alpha value is -4.01. The highest BCUT2D eigenvalue weighted by Gasteiger charge is 2.30. The number of amides is 1. The van der Waals surface area contributed by atoms with Gasteiger partial charge >= 0.3 is 0 Å². The van der Waals surface area contributed by atoms with Gasteiger partial charge in [-0.25, -0.2) is 4.98 Å². The summed E-state index contributed by atoms with van der Waals surface area (Å²) in [7, 11) is 0. The van der Waals surface area contributed by atoms with E-state index in [1.165, 1.54) is 10.7 Å². The Morgan fingerprint density at radius 3 is 2.59 bits per heavy atom. The monoisotopic (exact) mass is 428 g/mol. The molecule has 2 aliphatic rings. The van der Waals surface area contributed by atoms with Crippen LogP contribution in [-0.2, 0) is 0 Å². The molecule has 0 unspecified atom stereocenters. The number of hydrogen-bond donors (Lipinski definition) is 2. The van der Waals surface area contributed by atoms with Crippen molar-refractivity contribution in [2.45, 2.75) is 37.5 Å². The van der Waals surface area contributed by atoms with E-state index in [0.29, 0.717) is 23.3 Å². The first-order chi connectivity index (χ1) is 15.6. The van der Waals surface area contributed by atoms with Gasteiger partial charge in [0, 0.05) is 35.6 Å². The summed E-state index contributed by atoms with van der Waals surface area (Å²) in [4.78, 5) is 32.6. The first-order valence-corrected chi connectivity index (χ1v) is 10.7. The van der Waals surface area contributed by atoms with Gasteiger partial charge in [-0.15, -0.1) is 0 Å². The van der Waals surface area contributed by atoms with E-state index in [1.54, 1.807) is 6.07 Å². The van der Waals surface area contributed by atoms with Crippen molar-refractivity contribution in [3.8, 4) is 17.2 Å². The molecule has 32 heavy (non-hydrogen) atoms. The Kier molecular flexibility index (Phi) is 4.27. The molecule has 0 saturated heterocycles. The molecule has 0 atom stereocenters. The minimum atomic E-state index is -0.397. The van der Waals surface area contributed by atoms with Crippen LogP contribution < -0.4 is 10.9 Å². The van der Waals surface area contributed by atoms with Crippen molar-refractivity contribution < 1.29 is 9.32 Å². The molecule has 1 amide bonds. The molecule has 0 radical (unpaired) electrons. The number of carbonyl (C=O) groups excluding carboxylic acids is 1. The maximum Gasteiger partial charge on any atom is 0.279 e. The van der Waals surface area contributed by atoms with Crippen LogP contribution in [0.15, 0.2) is 57.8 Å². The molecule has 9 nitrogen and oxygen atoms in total. The van der Waals surface area contributed by atoms with Gasteiger partial charge in [0.2, 0.25) is 5.95 Å². The van der Waals surface area contributed by atoms with E-state index in [2.05, 4.69) is 25.5 Å². The van der Waals surface area contributed by atoms with Crippen LogP contribution in [0.4, 0.5) is 5.82 Å². The minimum Gasteiger partial charge on any atom is -0.360 e. The molecule has 9 heteroatoms. The fourth-order valence-electron chi connectivity index (χ4n) is 3.67. The molecule has 0 bridgehead atoms. The number of rotatable bonds is 6. The van der Waals surface area contributed by atoms with Gasteiger partial charge in [0.05, 0.1) is 11.4 Å². The van der Waals surface area contributed by atoms with Crippen LogP contribution in [0.25, 0.3) is 17.2 Å². The van der Waals surface area contributed by atoms with E-state index in [-0.39, 0.29) is 17.2 Å². The Balaban J connectivity index is 1.37. The molecular formula is C23H20N6O3. The molecule has 2 N–H and O–H groups in total. The lowest BCUT2D eigenvalue weighted by Gasteiger charge is -2.08. The summed E-state index contributed by atoms with van der Waals surface area (Å²) < 4.78 is 6.78. The van der Waals surface area contributed by atoms with Gasteiger partial charge in [0.25, 0.3) is 11.5 Å². The average molecular weight is 428 g/mol. The Labute approximate surface area is 182 Å². The molecule has 2 fully saturated rings. The summed E-state index contributed by atoms with van der Waals surface area (Å²) in [5.41, 5.74) is 2.10. The van der Waals surface area contributed by atoms with E-state index < -0.39 is 5.91 Å². The largest absolute Gasteiger partial charge is 0.360 e. The van der Waals surface area contributed by atoms with Gasteiger partial charge in [-0.1, -0.05) is 35.5 Å². The van der Waals surface area contributed by atoms with Crippen molar-refractivity contribution in [2.75, 3.05) is 5.32 Å². The van der Waals surface area contributed by atoms with Crippen molar-refractivity contribution in [2.24, 2.45) is 0 Å². The van der Waals surface area contributed by atoms with Crippen molar-refractivity contribution in [1.82, 2.24) is 24.9 Å². The molecule has 6 rings (SSSR count). The Bertz CT molecular complexity index is 1360. The number of carbonyl (C=O) groups is 1. The molecular weight excluding hydrogens is 408 g/mol. The topological polar surface area (TPSA) is 119 Å². The SMILES string of the molecule is O=C(Nc1cc(C2CC2)nn1-c1nc(-c2ccccc2)cc(=O)[nH]1)c1cc(C2CC2)on1. The van der Waals surface area contributed by atoms with Crippen LogP contribution in [-0.4, -0.2) is 30.8 Å². The predicted octanol–water partition coefficient (Wildman–Crippen LogP) is 3.62. The van der Waals surface area contributed by atoms with Gasteiger partial charge in [0.15, 0.2) is 5.69 Å². The second-order valence-corrected chi connectivity index (χ2v) is 8.30. The number of H-pyrrole nitrogens is 1. The minimum absolute atomic E-state index is 0.215. The summed E-state index contributed by atoms with van der Waals surface area (Å²) in [6, 6.07) is 14.4. The summed E-state index contributed by atoms with van der Waals surface area (Å²) in [5.74, 6) is 1.71. The third kappa shape index (κ3) is 3.62. The van der Waals surface area contributed by atoms with Crippen molar-refractivity contribution in [1.29, 1.82) is 0 Å². The first kappa shape index (κ1) is 18.7. The number of anilines is 1. The van der Waals surface area contributed by atoms with Gasteiger partial charge in [-0.2, -0.15) is 9.78 Å². The number of benzene rings is 1. The quantitative estimate of drug-likeness (QED) is 0.484. The molecule has 3 aromatic heterocycles. The van der Waals surface area contributed by atoms with Crippen molar-refractivity contribution >= 4 is 11.7 Å². The first-order valence-electron chi connectivity index (χ1n) is 10.7. The summed E-state index contributed by atoms with van der Waals surface area (Å²) in [6.07, 6.45) is 4.22. The predicted molar refractivity (Wildman–Crippen MR) is 116 cm³/mol. The van der Waals surface area contributed by atoms with Crippen LogP contribution in [0.2, 0.25) is 0 Å². The zero-order valence-corrected chi connectivity index (χ0v) is 17.1. The van der Waals surface area contributed by atoms with Gasteiger partial charge in [-0.3, -0.25) is 14.6 Å². The number of nitrogens with one attached hydrogen (secondary N) is 2. The lowest BCUT2D eigenvalue weighted by molar-refractivity contribution is 0.101. The zero-order valence-electron chi connectivity index (χ0n) is 17.1. The highest BCUT2D eigenvalue weighted by atomic mass is 16.5. The van der Waals surface area contributed by atoms with Gasteiger partial charge < -0.3 is 9.84 Å². The highest BCUT2D eigenvalue weighted by Crippen LogP contribution is 2.41. The molecule has 3 heterocycles. The van der Waals surface area contributed by atoms with E-state index >= 15 is 0 Å². The smallest absolute Gasteiger partial charge is 0.279 e. The standard InChI is InChI=1S/C23H20N6O3/c30-21-12-16(13-4-2-1-3-5-13)24-23(26-21)29-20(11-17(27-29)14-6-7-14)25-22(31)18-10-19(32-28-18)15-8-9-15/h1-5,10-12,14-15H,6-9H2,(H,25,31)(H,24,26,30). The number of aromatic nitrogens is 5. The van der Waals surface area contributed by atoms with Crippen molar-refractivity contribution in [3.05, 3.63) is 76.0 Å². The van der Waals surface area contributed by atoms with Gasteiger partial charge in [0.1, 0.15) is 11.6 Å². The van der Waals surface area contributed by atoms with Crippen molar-refractivity contribution in [3.63, 3.8) is 0 Å². The highest BCUT2D eigenvalue weighted by molar-refractivity contribution is 6.02. The van der Waals surface area contributed by atoms with E-state index in [1.807, 2.05) is 36.4 Å². The van der Waals surface area contributed by atoms with E-state index in [0.717, 1.165) is 42.7 Å².